The minimum absolute atomic E-state index is 0.0695. The van der Waals surface area contributed by atoms with Crippen molar-refractivity contribution in [1.82, 2.24) is 10.5 Å². The van der Waals surface area contributed by atoms with Gasteiger partial charge in [-0.3, -0.25) is 4.79 Å². The van der Waals surface area contributed by atoms with Crippen LogP contribution in [0.3, 0.4) is 0 Å². The molecule has 0 radical (unpaired) electrons. The summed E-state index contributed by atoms with van der Waals surface area (Å²) in [7, 11) is 0. The first-order valence-corrected chi connectivity index (χ1v) is 7.59. The molecule has 6 heteroatoms. The number of carbonyl (C=O) groups excluding carboxylic acids is 1. The Bertz CT molecular complexity index is 792. The molecule has 0 unspecified atom stereocenters. The number of amides is 1. The molecule has 1 aromatic carbocycles. The second-order valence-electron chi connectivity index (χ2n) is 5.88. The Morgan fingerprint density at radius 1 is 1.25 bits per heavy atom. The van der Waals surface area contributed by atoms with Crippen molar-refractivity contribution in [2.45, 2.75) is 18.9 Å². The van der Waals surface area contributed by atoms with E-state index in [1.807, 2.05) is 30.3 Å². The maximum absolute atomic E-state index is 12.2. The van der Waals surface area contributed by atoms with E-state index >= 15 is 0 Å². The van der Waals surface area contributed by atoms with Crippen molar-refractivity contribution >= 4 is 5.91 Å². The summed E-state index contributed by atoms with van der Waals surface area (Å²) in [5, 5.41) is 16.8. The Morgan fingerprint density at radius 3 is 2.75 bits per heavy atom. The van der Waals surface area contributed by atoms with Gasteiger partial charge in [0.2, 0.25) is 0 Å². The van der Waals surface area contributed by atoms with Gasteiger partial charge in [-0.15, -0.1) is 0 Å². The Morgan fingerprint density at radius 2 is 2.04 bits per heavy atom. The SMILES string of the molecule is C[C@](O)(CNC(=O)c1cc(-c2ccccc2)on1)Cc1ccco1. The zero-order valence-electron chi connectivity index (χ0n) is 13.2. The van der Waals surface area contributed by atoms with Gasteiger partial charge in [-0.25, -0.2) is 0 Å². The molecule has 0 fully saturated rings. The fourth-order valence-electron chi connectivity index (χ4n) is 2.33. The highest BCUT2D eigenvalue weighted by atomic mass is 16.5. The van der Waals surface area contributed by atoms with Crippen LogP contribution in [0.4, 0.5) is 0 Å². The van der Waals surface area contributed by atoms with Crippen LogP contribution in [0.5, 0.6) is 0 Å². The number of carbonyl (C=O) groups is 1. The first-order chi connectivity index (χ1) is 11.5. The van der Waals surface area contributed by atoms with Gasteiger partial charge in [0.05, 0.1) is 11.9 Å². The maximum atomic E-state index is 12.2. The van der Waals surface area contributed by atoms with Crippen molar-refractivity contribution in [3.05, 3.63) is 66.2 Å². The minimum Gasteiger partial charge on any atom is -0.469 e. The predicted molar refractivity (Wildman–Crippen MR) is 87.3 cm³/mol. The van der Waals surface area contributed by atoms with E-state index in [1.54, 1.807) is 31.4 Å². The Labute approximate surface area is 139 Å². The van der Waals surface area contributed by atoms with Crippen LogP contribution < -0.4 is 5.32 Å². The molecule has 0 bridgehead atoms. The topological polar surface area (TPSA) is 88.5 Å². The third-order valence-electron chi connectivity index (χ3n) is 3.57. The lowest BCUT2D eigenvalue weighted by molar-refractivity contribution is 0.0508. The van der Waals surface area contributed by atoms with E-state index in [0.717, 1.165) is 5.56 Å². The molecule has 24 heavy (non-hydrogen) atoms. The van der Waals surface area contributed by atoms with Gasteiger partial charge in [0.25, 0.3) is 5.91 Å². The summed E-state index contributed by atoms with van der Waals surface area (Å²) in [6, 6.07) is 14.5. The molecule has 3 aromatic rings. The van der Waals surface area contributed by atoms with Gasteiger partial charge in [-0.1, -0.05) is 35.5 Å². The number of hydrogen-bond donors (Lipinski definition) is 2. The largest absolute Gasteiger partial charge is 0.469 e. The Kier molecular flexibility index (Phi) is 4.48. The van der Waals surface area contributed by atoms with Crippen molar-refractivity contribution < 1.29 is 18.8 Å². The summed E-state index contributed by atoms with van der Waals surface area (Å²) in [6.07, 6.45) is 1.85. The zero-order chi connectivity index (χ0) is 17.0. The number of benzene rings is 1. The first-order valence-electron chi connectivity index (χ1n) is 7.59. The Balaban J connectivity index is 1.60. The lowest BCUT2D eigenvalue weighted by Crippen LogP contribution is -2.42. The summed E-state index contributed by atoms with van der Waals surface area (Å²) in [5.74, 6) is 0.769. The number of hydrogen-bond acceptors (Lipinski definition) is 5. The smallest absolute Gasteiger partial charge is 0.273 e. The molecule has 1 atom stereocenters. The molecule has 3 rings (SSSR count). The molecule has 0 aliphatic heterocycles. The van der Waals surface area contributed by atoms with E-state index in [1.165, 1.54) is 0 Å². The fraction of sp³-hybridized carbons (Fsp3) is 0.222. The van der Waals surface area contributed by atoms with Crippen LogP contribution in [-0.2, 0) is 6.42 Å². The molecule has 6 nitrogen and oxygen atoms in total. The van der Waals surface area contributed by atoms with Crippen LogP contribution in [-0.4, -0.2) is 28.3 Å². The van der Waals surface area contributed by atoms with E-state index < -0.39 is 11.5 Å². The molecule has 2 heterocycles. The molecule has 124 valence electrons. The molecular formula is C18H18N2O4. The molecule has 0 saturated carbocycles. The van der Waals surface area contributed by atoms with Gasteiger partial charge < -0.3 is 19.4 Å². The van der Waals surface area contributed by atoms with Gasteiger partial charge in [0.15, 0.2) is 11.5 Å². The average molecular weight is 326 g/mol. The minimum atomic E-state index is -1.13. The predicted octanol–water partition coefficient (Wildman–Crippen LogP) is 2.66. The van der Waals surface area contributed by atoms with Gasteiger partial charge in [0, 0.05) is 24.6 Å². The maximum Gasteiger partial charge on any atom is 0.273 e. The van der Waals surface area contributed by atoms with E-state index in [9.17, 15) is 9.90 Å². The van der Waals surface area contributed by atoms with Gasteiger partial charge in [0.1, 0.15) is 5.76 Å². The summed E-state index contributed by atoms with van der Waals surface area (Å²) in [6.45, 7) is 1.70. The lowest BCUT2D eigenvalue weighted by Gasteiger charge is -2.22. The summed E-state index contributed by atoms with van der Waals surface area (Å²) >= 11 is 0. The lowest BCUT2D eigenvalue weighted by atomic mass is 10.0. The monoisotopic (exact) mass is 326 g/mol. The van der Waals surface area contributed by atoms with Crippen LogP contribution in [0, 0.1) is 0 Å². The quantitative estimate of drug-likeness (QED) is 0.727. The third kappa shape index (κ3) is 3.91. The molecule has 0 aliphatic carbocycles. The average Bonchev–Trinajstić information content (AvgIpc) is 3.25. The van der Waals surface area contributed by atoms with E-state index in [-0.39, 0.29) is 12.2 Å². The van der Waals surface area contributed by atoms with Gasteiger partial charge in [-0.2, -0.15) is 0 Å². The highest BCUT2D eigenvalue weighted by molar-refractivity contribution is 5.93. The van der Waals surface area contributed by atoms with Crippen molar-refractivity contribution in [1.29, 1.82) is 0 Å². The fourth-order valence-corrected chi connectivity index (χ4v) is 2.33. The second-order valence-corrected chi connectivity index (χ2v) is 5.88. The van der Waals surface area contributed by atoms with Crippen LogP contribution in [0.1, 0.15) is 23.2 Å². The number of rotatable bonds is 6. The molecule has 1 amide bonds. The highest BCUT2D eigenvalue weighted by Gasteiger charge is 2.24. The number of aliphatic hydroxyl groups is 1. The molecule has 0 spiro atoms. The van der Waals surface area contributed by atoms with Crippen LogP contribution >= 0.6 is 0 Å². The number of nitrogens with zero attached hydrogens (tertiary/aromatic N) is 1. The normalized spacial score (nSPS) is 13.4. The highest BCUT2D eigenvalue weighted by Crippen LogP contribution is 2.20. The summed E-state index contributed by atoms with van der Waals surface area (Å²) in [4.78, 5) is 12.2. The first kappa shape index (κ1) is 16.0. The van der Waals surface area contributed by atoms with Crippen molar-refractivity contribution in [2.75, 3.05) is 6.54 Å². The van der Waals surface area contributed by atoms with Crippen molar-refractivity contribution in [3.63, 3.8) is 0 Å². The molecule has 2 N–H and O–H groups in total. The molecule has 2 aromatic heterocycles. The number of aromatic nitrogens is 1. The molecular weight excluding hydrogens is 308 g/mol. The molecule has 0 aliphatic rings. The van der Waals surface area contributed by atoms with E-state index in [4.69, 9.17) is 8.94 Å². The third-order valence-corrected chi connectivity index (χ3v) is 3.57. The van der Waals surface area contributed by atoms with Crippen molar-refractivity contribution in [3.8, 4) is 11.3 Å². The van der Waals surface area contributed by atoms with Gasteiger partial charge in [-0.05, 0) is 19.1 Å². The van der Waals surface area contributed by atoms with Crippen LogP contribution in [0.15, 0.2) is 63.7 Å². The van der Waals surface area contributed by atoms with Crippen molar-refractivity contribution in [2.24, 2.45) is 0 Å². The zero-order valence-corrected chi connectivity index (χ0v) is 13.2. The van der Waals surface area contributed by atoms with Crippen LogP contribution in [0.2, 0.25) is 0 Å². The van der Waals surface area contributed by atoms with E-state index in [2.05, 4.69) is 10.5 Å². The second kappa shape index (κ2) is 6.72. The summed E-state index contributed by atoms with van der Waals surface area (Å²) < 4.78 is 10.4. The number of furan rings is 1. The van der Waals surface area contributed by atoms with Gasteiger partial charge >= 0.3 is 0 Å². The number of nitrogens with one attached hydrogen (secondary N) is 1. The Hall–Kier alpha value is -2.86. The standard InChI is InChI=1S/C18H18N2O4/c1-18(22,11-14-8-5-9-23-14)12-19-17(21)15-10-16(24-20-15)13-6-3-2-4-7-13/h2-10,22H,11-12H2,1H3,(H,19,21)/t18-/m1/s1. The van der Waals surface area contributed by atoms with Crippen LogP contribution in [0.25, 0.3) is 11.3 Å². The molecule has 0 saturated heterocycles. The summed E-state index contributed by atoms with van der Waals surface area (Å²) in [5.41, 5.74) is -0.115. The van der Waals surface area contributed by atoms with E-state index in [0.29, 0.717) is 17.9 Å².